The Morgan fingerprint density at radius 1 is 0.706 bits per heavy atom. The zero-order chi connectivity index (χ0) is 24.1. The summed E-state index contributed by atoms with van der Waals surface area (Å²) in [7, 11) is 3.93. The van der Waals surface area contributed by atoms with E-state index >= 15 is 0 Å². The van der Waals surface area contributed by atoms with Crippen molar-refractivity contribution in [2.75, 3.05) is 34.9 Å². The number of carbonyl (C=O) groups is 1. The first-order chi connectivity index (χ1) is 16.4. The van der Waals surface area contributed by atoms with Gasteiger partial charge in [-0.15, -0.1) is 0 Å². The quantitative estimate of drug-likeness (QED) is 0.324. The number of carbonyl (C=O) groups excluding carboxylic acids is 1. The summed E-state index contributed by atoms with van der Waals surface area (Å²) in [5, 5.41) is 9.54. The van der Waals surface area contributed by atoms with Gasteiger partial charge >= 0.3 is 0 Å². The molecule has 0 bridgehead atoms. The van der Waals surface area contributed by atoms with Crippen LogP contribution >= 0.6 is 0 Å². The molecule has 0 aliphatic rings. The molecule has 0 atom stereocenters. The van der Waals surface area contributed by atoms with Gasteiger partial charge in [0.25, 0.3) is 5.91 Å². The van der Waals surface area contributed by atoms with Gasteiger partial charge in [0, 0.05) is 48.5 Å². The van der Waals surface area contributed by atoms with Crippen molar-refractivity contribution in [2.24, 2.45) is 0 Å². The van der Waals surface area contributed by atoms with E-state index in [1.165, 1.54) is 5.56 Å². The molecular formula is C27H28N6O. The van der Waals surface area contributed by atoms with Crippen LogP contribution in [0.15, 0.2) is 78.9 Å². The first-order valence-electron chi connectivity index (χ1n) is 11.0. The standard InChI is InChI=1S/C27H28N6O/c1-18-5-9-21(10-6-18)30-25-17-26(29-19(2)28-25)31-22-11-13-23(14-12-22)32-27(34)20-7-15-24(16-8-20)33(3)4/h5-17H,1-4H3,(H,32,34)(H2,28,29,30,31). The molecule has 1 aromatic heterocycles. The minimum absolute atomic E-state index is 0.149. The van der Waals surface area contributed by atoms with E-state index in [9.17, 15) is 4.79 Å². The number of rotatable bonds is 7. The number of nitrogens with zero attached hydrogens (tertiary/aromatic N) is 3. The van der Waals surface area contributed by atoms with Crippen LogP contribution in [0.5, 0.6) is 0 Å². The van der Waals surface area contributed by atoms with Gasteiger partial charge in [-0.1, -0.05) is 17.7 Å². The van der Waals surface area contributed by atoms with E-state index in [0.29, 0.717) is 28.7 Å². The molecule has 4 aromatic rings. The van der Waals surface area contributed by atoms with Gasteiger partial charge in [0.05, 0.1) is 0 Å². The molecule has 3 N–H and O–H groups in total. The normalized spacial score (nSPS) is 10.5. The molecule has 0 unspecified atom stereocenters. The largest absolute Gasteiger partial charge is 0.378 e. The Hall–Kier alpha value is -4.39. The minimum Gasteiger partial charge on any atom is -0.378 e. The highest BCUT2D eigenvalue weighted by Crippen LogP contribution is 2.22. The topological polar surface area (TPSA) is 82.2 Å². The lowest BCUT2D eigenvalue weighted by atomic mass is 10.2. The number of hydrogen-bond donors (Lipinski definition) is 3. The Labute approximate surface area is 199 Å². The molecule has 1 heterocycles. The summed E-state index contributed by atoms with van der Waals surface area (Å²) in [5.41, 5.74) is 5.39. The fraction of sp³-hybridized carbons (Fsp3) is 0.148. The van der Waals surface area contributed by atoms with Gasteiger partial charge in [0.15, 0.2) is 0 Å². The second kappa shape index (κ2) is 10.0. The maximum atomic E-state index is 12.6. The molecule has 0 aliphatic heterocycles. The Morgan fingerprint density at radius 3 is 1.74 bits per heavy atom. The summed E-state index contributed by atoms with van der Waals surface area (Å²) < 4.78 is 0. The van der Waals surface area contributed by atoms with Crippen LogP contribution in [0.1, 0.15) is 21.7 Å². The third-order valence-electron chi connectivity index (χ3n) is 5.22. The van der Waals surface area contributed by atoms with Gasteiger partial charge in [-0.25, -0.2) is 9.97 Å². The fourth-order valence-electron chi connectivity index (χ4n) is 3.38. The van der Waals surface area contributed by atoms with Crippen LogP contribution in [-0.4, -0.2) is 30.0 Å². The van der Waals surface area contributed by atoms with Crippen molar-refractivity contribution < 1.29 is 4.79 Å². The smallest absolute Gasteiger partial charge is 0.255 e. The zero-order valence-corrected chi connectivity index (χ0v) is 19.8. The van der Waals surface area contributed by atoms with E-state index in [1.54, 1.807) is 0 Å². The van der Waals surface area contributed by atoms with Crippen LogP contribution in [-0.2, 0) is 0 Å². The number of aryl methyl sites for hydroxylation is 2. The second-order valence-electron chi connectivity index (χ2n) is 8.27. The molecule has 4 rings (SSSR count). The molecule has 172 valence electrons. The van der Waals surface area contributed by atoms with E-state index in [-0.39, 0.29) is 5.91 Å². The third kappa shape index (κ3) is 5.89. The van der Waals surface area contributed by atoms with E-state index < -0.39 is 0 Å². The Morgan fingerprint density at radius 2 is 1.21 bits per heavy atom. The summed E-state index contributed by atoms with van der Waals surface area (Å²) in [6.07, 6.45) is 0. The molecule has 0 saturated carbocycles. The Balaban J connectivity index is 1.40. The van der Waals surface area contributed by atoms with Crippen molar-refractivity contribution in [3.05, 3.63) is 95.8 Å². The molecule has 0 aliphatic carbocycles. The average molecular weight is 453 g/mol. The summed E-state index contributed by atoms with van der Waals surface area (Å²) in [5.74, 6) is 1.90. The number of benzene rings is 3. The number of aromatic nitrogens is 2. The van der Waals surface area contributed by atoms with Crippen molar-refractivity contribution >= 4 is 40.3 Å². The van der Waals surface area contributed by atoms with Crippen molar-refractivity contribution in [2.45, 2.75) is 13.8 Å². The van der Waals surface area contributed by atoms with Crippen molar-refractivity contribution in [1.82, 2.24) is 9.97 Å². The third-order valence-corrected chi connectivity index (χ3v) is 5.22. The lowest BCUT2D eigenvalue weighted by molar-refractivity contribution is 0.102. The molecule has 0 radical (unpaired) electrons. The van der Waals surface area contributed by atoms with Gasteiger partial charge in [0.1, 0.15) is 17.5 Å². The van der Waals surface area contributed by atoms with Gasteiger partial charge in [-0.05, 0) is 74.5 Å². The predicted molar refractivity (Wildman–Crippen MR) is 140 cm³/mol. The fourth-order valence-corrected chi connectivity index (χ4v) is 3.38. The molecule has 0 saturated heterocycles. The first kappa shape index (κ1) is 22.8. The van der Waals surface area contributed by atoms with Crippen LogP contribution in [0, 0.1) is 13.8 Å². The van der Waals surface area contributed by atoms with Crippen molar-refractivity contribution in [1.29, 1.82) is 0 Å². The van der Waals surface area contributed by atoms with Crippen LogP contribution in [0.3, 0.4) is 0 Å². The highest BCUT2D eigenvalue weighted by Gasteiger charge is 2.08. The molecular weight excluding hydrogens is 424 g/mol. The summed E-state index contributed by atoms with van der Waals surface area (Å²) in [6.45, 7) is 3.91. The Bertz CT molecular complexity index is 1270. The van der Waals surface area contributed by atoms with Gasteiger partial charge < -0.3 is 20.9 Å². The number of anilines is 6. The van der Waals surface area contributed by atoms with E-state index in [4.69, 9.17) is 0 Å². The highest BCUT2D eigenvalue weighted by atomic mass is 16.1. The summed E-state index contributed by atoms with van der Waals surface area (Å²) >= 11 is 0. The molecule has 1 amide bonds. The first-order valence-corrected chi connectivity index (χ1v) is 11.0. The number of amides is 1. The Kier molecular flexibility index (Phi) is 6.73. The molecule has 0 fully saturated rings. The number of nitrogens with one attached hydrogen (secondary N) is 3. The lowest BCUT2D eigenvalue weighted by Crippen LogP contribution is -2.13. The molecule has 0 spiro atoms. The van der Waals surface area contributed by atoms with E-state index in [2.05, 4.69) is 45.0 Å². The van der Waals surface area contributed by atoms with Crippen LogP contribution in [0.25, 0.3) is 0 Å². The van der Waals surface area contributed by atoms with Crippen LogP contribution in [0.4, 0.5) is 34.4 Å². The van der Waals surface area contributed by atoms with Gasteiger partial charge in [0.2, 0.25) is 0 Å². The molecule has 3 aromatic carbocycles. The van der Waals surface area contributed by atoms with Crippen molar-refractivity contribution in [3.63, 3.8) is 0 Å². The molecule has 7 nitrogen and oxygen atoms in total. The zero-order valence-electron chi connectivity index (χ0n) is 19.8. The van der Waals surface area contributed by atoms with Crippen LogP contribution < -0.4 is 20.9 Å². The monoisotopic (exact) mass is 452 g/mol. The summed E-state index contributed by atoms with van der Waals surface area (Å²) in [4.78, 5) is 23.5. The highest BCUT2D eigenvalue weighted by molar-refractivity contribution is 6.04. The summed E-state index contributed by atoms with van der Waals surface area (Å²) in [6, 6.07) is 25.0. The molecule has 7 heteroatoms. The van der Waals surface area contributed by atoms with Crippen LogP contribution in [0.2, 0.25) is 0 Å². The lowest BCUT2D eigenvalue weighted by Gasteiger charge is -2.13. The van der Waals surface area contributed by atoms with Gasteiger partial charge in [-0.3, -0.25) is 4.79 Å². The van der Waals surface area contributed by atoms with E-state index in [1.807, 2.05) is 92.6 Å². The average Bonchev–Trinajstić information content (AvgIpc) is 2.81. The SMILES string of the molecule is Cc1ccc(Nc2cc(Nc3ccc(NC(=O)c4ccc(N(C)C)cc4)cc3)nc(C)n2)cc1. The van der Waals surface area contributed by atoms with E-state index in [0.717, 1.165) is 17.1 Å². The maximum absolute atomic E-state index is 12.6. The van der Waals surface area contributed by atoms with Gasteiger partial charge in [-0.2, -0.15) is 0 Å². The van der Waals surface area contributed by atoms with Crippen molar-refractivity contribution in [3.8, 4) is 0 Å². The maximum Gasteiger partial charge on any atom is 0.255 e. The number of hydrogen-bond acceptors (Lipinski definition) is 6. The minimum atomic E-state index is -0.149. The second-order valence-corrected chi connectivity index (χ2v) is 8.27. The predicted octanol–water partition coefficient (Wildman–Crippen LogP) is 5.90. The molecule has 34 heavy (non-hydrogen) atoms.